The first-order valence-corrected chi connectivity index (χ1v) is 3.48. The van der Waals surface area contributed by atoms with Crippen LogP contribution in [0.4, 0.5) is 0 Å². The lowest BCUT2D eigenvalue weighted by molar-refractivity contribution is -0.138. The topological polar surface area (TPSA) is 40.5 Å². The maximum atomic E-state index is 11.2. The smallest absolute Gasteiger partial charge is 0.267 e. The molecule has 1 N–H and O–H groups in total. The Balaban J connectivity index is 0. The Kier molecular flexibility index (Phi) is 5.18. The average molecular weight is 203 g/mol. The van der Waals surface area contributed by atoms with Gasteiger partial charge in [-0.3, -0.25) is 4.79 Å². The van der Waals surface area contributed by atoms with Gasteiger partial charge in [0.15, 0.2) is 0 Å². The van der Waals surface area contributed by atoms with Crippen molar-refractivity contribution in [2.75, 3.05) is 13.6 Å². The van der Waals surface area contributed by atoms with Crippen LogP contribution < -0.4 is 0 Å². The van der Waals surface area contributed by atoms with Gasteiger partial charge in [0.25, 0.3) is 5.91 Å². The van der Waals surface area contributed by atoms with Crippen LogP contribution in [-0.2, 0) is 4.79 Å². The Bertz CT molecular complexity index is 236. The van der Waals surface area contributed by atoms with E-state index in [1.807, 2.05) is 0 Å². The molecule has 0 aromatic rings. The van der Waals surface area contributed by atoms with E-state index < -0.39 is 5.60 Å². The highest BCUT2D eigenvalue weighted by Gasteiger charge is 2.48. The van der Waals surface area contributed by atoms with Gasteiger partial charge < -0.3 is 10.0 Å². The van der Waals surface area contributed by atoms with E-state index in [1.165, 1.54) is 4.90 Å². The molecule has 0 bridgehead atoms. The molecule has 0 aliphatic carbocycles. The molecule has 0 radical (unpaired) electrons. The van der Waals surface area contributed by atoms with Crippen LogP contribution in [0.5, 0.6) is 0 Å². The molecule has 4 heteroatoms. The molecule has 2 atom stereocenters. The lowest BCUT2D eigenvalue weighted by Crippen LogP contribution is -2.40. The molecule has 1 heterocycles. The molecule has 1 rings (SSSR count). The standard InChI is InChI=1S/C8H11NO2.CH4.H2S/c1-4-8(11)6(2)5-9(3)7(8)10;;/h1,6,11H,5H2,2-3H3;1H4;1H2/t6-,8-;;/m1../s1. The molecule has 0 unspecified atom stereocenters. The fraction of sp³-hybridized carbons (Fsp3) is 0.667. The van der Waals surface area contributed by atoms with Gasteiger partial charge in [-0.05, 0) is 0 Å². The Hall–Kier alpha value is -0.660. The first-order valence-electron chi connectivity index (χ1n) is 3.48. The van der Waals surface area contributed by atoms with E-state index in [-0.39, 0.29) is 32.7 Å². The van der Waals surface area contributed by atoms with E-state index in [9.17, 15) is 9.90 Å². The zero-order valence-electron chi connectivity index (χ0n) is 7.16. The summed E-state index contributed by atoms with van der Waals surface area (Å²) >= 11 is 0. The first-order chi connectivity index (χ1) is 5.02. The van der Waals surface area contributed by atoms with E-state index >= 15 is 0 Å². The molecule has 1 aliphatic heterocycles. The van der Waals surface area contributed by atoms with Gasteiger partial charge in [-0.25, -0.2) is 0 Å². The molecule has 1 fully saturated rings. The highest BCUT2D eigenvalue weighted by Crippen LogP contribution is 2.26. The van der Waals surface area contributed by atoms with Gasteiger partial charge >= 0.3 is 0 Å². The van der Waals surface area contributed by atoms with Gasteiger partial charge in [0.2, 0.25) is 5.60 Å². The number of likely N-dealkylation sites (N-methyl/N-ethyl adjacent to an activating group) is 1. The molecule has 0 aromatic heterocycles. The lowest BCUT2D eigenvalue weighted by Gasteiger charge is -2.16. The molecule has 1 aliphatic rings. The van der Waals surface area contributed by atoms with Gasteiger partial charge in [-0.1, -0.05) is 20.3 Å². The highest BCUT2D eigenvalue weighted by atomic mass is 32.1. The molecule has 1 amide bonds. The molecule has 0 aromatic carbocycles. The number of carbonyl (C=O) groups is 1. The summed E-state index contributed by atoms with van der Waals surface area (Å²) in [4.78, 5) is 12.7. The molecule has 76 valence electrons. The number of hydrogen-bond donors (Lipinski definition) is 1. The Morgan fingerprint density at radius 2 is 2.23 bits per heavy atom. The van der Waals surface area contributed by atoms with Crippen LogP contribution in [0.15, 0.2) is 0 Å². The van der Waals surface area contributed by atoms with Crippen LogP contribution in [0.1, 0.15) is 14.4 Å². The van der Waals surface area contributed by atoms with Crippen molar-refractivity contribution in [1.29, 1.82) is 0 Å². The third-order valence-corrected chi connectivity index (χ3v) is 2.15. The lowest BCUT2D eigenvalue weighted by atomic mass is 9.93. The maximum Gasteiger partial charge on any atom is 0.267 e. The van der Waals surface area contributed by atoms with E-state index in [2.05, 4.69) is 5.92 Å². The van der Waals surface area contributed by atoms with Crippen LogP contribution in [0, 0.1) is 18.3 Å². The van der Waals surface area contributed by atoms with Crippen molar-refractivity contribution in [3.63, 3.8) is 0 Å². The van der Waals surface area contributed by atoms with Crippen LogP contribution in [0.3, 0.4) is 0 Å². The number of rotatable bonds is 0. The van der Waals surface area contributed by atoms with Gasteiger partial charge in [0, 0.05) is 19.5 Å². The van der Waals surface area contributed by atoms with Crippen molar-refractivity contribution in [1.82, 2.24) is 4.90 Å². The largest absolute Gasteiger partial charge is 0.369 e. The van der Waals surface area contributed by atoms with E-state index in [4.69, 9.17) is 6.42 Å². The fourth-order valence-corrected chi connectivity index (χ4v) is 1.33. The van der Waals surface area contributed by atoms with E-state index in [0.717, 1.165) is 0 Å². The predicted molar refractivity (Wildman–Crippen MR) is 57.7 cm³/mol. The van der Waals surface area contributed by atoms with E-state index in [1.54, 1.807) is 14.0 Å². The maximum absolute atomic E-state index is 11.2. The van der Waals surface area contributed by atoms with Gasteiger partial charge in [0.05, 0.1) is 0 Å². The third kappa shape index (κ3) is 1.98. The number of likely N-dealkylation sites (tertiary alicyclic amines) is 1. The fourth-order valence-electron chi connectivity index (χ4n) is 1.33. The molecule has 1 saturated heterocycles. The molecule has 0 spiro atoms. The molecular weight excluding hydrogens is 186 g/mol. The number of amides is 1. The third-order valence-electron chi connectivity index (χ3n) is 2.15. The number of aliphatic hydroxyl groups is 1. The molecule has 3 nitrogen and oxygen atoms in total. The second-order valence-electron chi connectivity index (χ2n) is 3.00. The Labute approximate surface area is 86.6 Å². The SMILES string of the molecule is C.C#C[C@]1(O)C(=O)N(C)C[C@H]1C.S. The summed E-state index contributed by atoms with van der Waals surface area (Å²) in [7, 11) is 1.63. The summed E-state index contributed by atoms with van der Waals surface area (Å²) in [6, 6.07) is 0. The van der Waals surface area contributed by atoms with Crippen LogP contribution in [0.2, 0.25) is 0 Å². The number of terminal acetylenes is 1. The minimum Gasteiger partial charge on any atom is -0.369 e. The zero-order valence-corrected chi connectivity index (χ0v) is 8.16. The molecule has 13 heavy (non-hydrogen) atoms. The molecule has 0 saturated carbocycles. The van der Waals surface area contributed by atoms with Crippen LogP contribution >= 0.6 is 13.5 Å². The van der Waals surface area contributed by atoms with E-state index in [0.29, 0.717) is 6.54 Å². The van der Waals surface area contributed by atoms with Crippen molar-refractivity contribution in [3.05, 3.63) is 0 Å². The minimum absolute atomic E-state index is 0. The second-order valence-corrected chi connectivity index (χ2v) is 3.00. The minimum atomic E-state index is -1.56. The first kappa shape index (κ1) is 14.8. The number of hydrogen-bond acceptors (Lipinski definition) is 2. The average Bonchev–Trinajstić information content (AvgIpc) is 2.16. The van der Waals surface area contributed by atoms with Crippen molar-refractivity contribution in [2.24, 2.45) is 5.92 Å². The summed E-state index contributed by atoms with van der Waals surface area (Å²) in [5, 5.41) is 9.58. The van der Waals surface area contributed by atoms with Crippen molar-refractivity contribution in [2.45, 2.75) is 20.0 Å². The van der Waals surface area contributed by atoms with Gasteiger partial charge in [-0.2, -0.15) is 13.5 Å². The van der Waals surface area contributed by atoms with Crippen molar-refractivity contribution >= 4 is 19.4 Å². The second kappa shape index (κ2) is 4.54. The van der Waals surface area contributed by atoms with Gasteiger partial charge in [-0.15, -0.1) is 6.42 Å². The monoisotopic (exact) mass is 203 g/mol. The summed E-state index contributed by atoms with van der Waals surface area (Å²) in [5.74, 6) is 1.59. The Morgan fingerprint density at radius 1 is 1.77 bits per heavy atom. The van der Waals surface area contributed by atoms with Gasteiger partial charge in [0.1, 0.15) is 0 Å². The van der Waals surface area contributed by atoms with Crippen molar-refractivity contribution in [3.8, 4) is 12.3 Å². The summed E-state index contributed by atoms with van der Waals surface area (Å²) in [6.07, 6.45) is 5.06. The summed E-state index contributed by atoms with van der Waals surface area (Å²) < 4.78 is 0. The number of carbonyl (C=O) groups excluding carboxylic acids is 1. The quantitative estimate of drug-likeness (QED) is 0.572. The summed E-state index contributed by atoms with van der Waals surface area (Å²) in [6.45, 7) is 2.29. The number of nitrogens with zero attached hydrogens (tertiary/aromatic N) is 1. The zero-order chi connectivity index (χ0) is 8.65. The Morgan fingerprint density at radius 3 is 2.38 bits per heavy atom. The molecular formula is C9H17NO2S. The van der Waals surface area contributed by atoms with Crippen molar-refractivity contribution < 1.29 is 9.90 Å². The normalized spacial score (nSPS) is 31.7. The summed E-state index contributed by atoms with van der Waals surface area (Å²) in [5.41, 5.74) is -1.56. The predicted octanol–water partition coefficient (Wildman–Crippen LogP) is 0.208. The highest BCUT2D eigenvalue weighted by molar-refractivity contribution is 7.59. The van der Waals surface area contributed by atoms with Crippen LogP contribution in [-0.4, -0.2) is 35.1 Å². The van der Waals surface area contributed by atoms with Crippen LogP contribution in [0.25, 0.3) is 0 Å².